The van der Waals surface area contributed by atoms with E-state index in [1.54, 1.807) is 12.1 Å². The molecule has 0 saturated carbocycles. The zero-order chi connectivity index (χ0) is 19.0. The van der Waals surface area contributed by atoms with Crippen LogP contribution in [0.4, 0.5) is 0 Å². The lowest BCUT2D eigenvalue weighted by Crippen LogP contribution is -2.43. The van der Waals surface area contributed by atoms with E-state index in [2.05, 4.69) is 30.7 Å². The van der Waals surface area contributed by atoms with Crippen molar-refractivity contribution in [3.05, 3.63) is 28.7 Å². The first-order valence-corrected chi connectivity index (χ1v) is 10.1. The number of ether oxygens (including phenoxy) is 1. The Hall–Kier alpha value is -1.45. The molecule has 0 aliphatic rings. The lowest BCUT2D eigenvalue weighted by Gasteiger charge is -2.18. The van der Waals surface area contributed by atoms with E-state index in [1.807, 2.05) is 13.8 Å². The Kier molecular flexibility index (Phi) is 8.54. The number of nitrogens with one attached hydrogen (secondary N) is 2. The molecule has 1 atom stereocenters. The lowest BCUT2D eigenvalue weighted by atomic mass is 10.0. The summed E-state index contributed by atoms with van der Waals surface area (Å²) in [6.07, 6.45) is 0.365. The van der Waals surface area contributed by atoms with Crippen LogP contribution in [0.3, 0.4) is 0 Å². The van der Waals surface area contributed by atoms with Crippen molar-refractivity contribution in [2.24, 2.45) is 5.92 Å². The minimum absolute atomic E-state index is 0.0696. The highest BCUT2D eigenvalue weighted by Crippen LogP contribution is 2.14. The van der Waals surface area contributed by atoms with Crippen LogP contribution in [0.25, 0.3) is 0 Å². The van der Waals surface area contributed by atoms with Gasteiger partial charge in [0, 0.05) is 17.4 Å². The van der Waals surface area contributed by atoms with Crippen LogP contribution < -0.4 is 10.0 Å². The van der Waals surface area contributed by atoms with E-state index in [0.717, 1.165) is 4.47 Å². The molecule has 0 bridgehead atoms. The van der Waals surface area contributed by atoms with Gasteiger partial charge in [0.05, 0.1) is 12.0 Å². The standard InChI is InChI=1S/C16H23BrN2O5S/c1-11(2)10-14(16(21)24-3)19-15(20)8-9-18-25(22,23)13-6-4-12(17)5-7-13/h4-7,11,14,18H,8-10H2,1-3H3,(H,19,20). The van der Waals surface area contributed by atoms with Crippen LogP contribution in [0.15, 0.2) is 33.6 Å². The van der Waals surface area contributed by atoms with Gasteiger partial charge in [0.15, 0.2) is 0 Å². The molecule has 1 aromatic rings. The summed E-state index contributed by atoms with van der Waals surface area (Å²) in [7, 11) is -2.43. The first-order valence-electron chi connectivity index (χ1n) is 7.78. The predicted molar refractivity (Wildman–Crippen MR) is 97.3 cm³/mol. The summed E-state index contributed by atoms with van der Waals surface area (Å²) >= 11 is 3.24. The normalized spacial score (nSPS) is 12.7. The maximum Gasteiger partial charge on any atom is 0.328 e. The monoisotopic (exact) mass is 434 g/mol. The molecule has 1 unspecified atom stereocenters. The largest absolute Gasteiger partial charge is 0.467 e. The van der Waals surface area contributed by atoms with Crippen molar-refractivity contribution in [2.75, 3.05) is 13.7 Å². The van der Waals surface area contributed by atoms with E-state index >= 15 is 0 Å². The van der Waals surface area contributed by atoms with Gasteiger partial charge < -0.3 is 10.1 Å². The maximum absolute atomic E-state index is 12.1. The van der Waals surface area contributed by atoms with Crippen molar-refractivity contribution in [3.63, 3.8) is 0 Å². The van der Waals surface area contributed by atoms with Gasteiger partial charge in [-0.2, -0.15) is 0 Å². The third-order valence-corrected chi connectivity index (χ3v) is 5.30. The topological polar surface area (TPSA) is 102 Å². The number of methoxy groups -OCH3 is 1. The minimum Gasteiger partial charge on any atom is -0.467 e. The van der Waals surface area contributed by atoms with Crippen LogP contribution in [-0.4, -0.2) is 40.0 Å². The predicted octanol–water partition coefficient (Wildman–Crippen LogP) is 1.82. The van der Waals surface area contributed by atoms with Crippen LogP contribution in [0.5, 0.6) is 0 Å². The number of amides is 1. The van der Waals surface area contributed by atoms with Crippen LogP contribution in [-0.2, 0) is 24.3 Å². The molecule has 9 heteroatoms. The molecule has 140 valence electrons. The summed E-state index contributed by atoms with van der Waals surface area (Å²) < 4.78 is 32.0. The average Bonchev–Trinajstić information content (AvgIpc) is 2.53. The Balaban J connectivity index is 2.55. The summed E-state index contributed by atoms with van der Waals surface area (Å²) in [4.78, 5) is 23.8. The number of rotatable bonds is 9. The molecule has 0 radical (unpaired) electrons. The smallest absolute Gasteiger partial charge is 0.328 e. The van der Waals surface area contributed by atoms with E-state index in [0.29, 0.717) is 6.42 Å². The van der Waals surface area contributed by atoms with Gasteiger partial charge in [-0.3, -0.25) is 4.79 Å². The number of carbonyl (C=O) groups excluding carboxylic acids is 2. The fourth-order valence-electron chi connectivity index (χ4n) is 2.09. The Bertz CT molecular complexity index is 689. The summed E-state index contributed by atoms with van der Waals surface area (Å²) in [6, 6.07) is 5.42. The summed E-state index contributed by atoms with van der Waals surface area (Å²) in [5.74, 6) is -0.743. The van der Waals surface area contributed by atoms with Crippen molar-refractivity contribution >= 4 is 37.8 Å². The Labute approximate surface area is 156 Å². The fraction of sp³-hybridized carbons (Fsp3) is 0.500. The number of esters is 1. The highest BCUT2D eigenvalue weighted by molar-refractivity contribution is 9.10. The van der Waals surface area contributed by atoms with Crippen LogP contribution in [0, 0.1) is 5.92 Å². The molecule has 7 nitrogen and oxygen atoms in total. The Morgan fingerprint density at radius 2 is 1.80 bits per heavy atom. The van der Waals surface area contributed by atoms with Crippen LogP contribution in [0.1, 0.15) is 26.7 Å². The number of benzene rings is 1. The Morgan fingerprint density at radius 3 is 2.32 bits per heavy atom. The van der Waals surface area contributed by atoms with Crippen molar-refractivity contribution in [3.8, 4) is 0 Å². The molecule has 1 rings (SSSR count). The zero-order valence-electron chi connectivity index (χ0n) is 14.4. The van der Waals surface area contributed by atoms with Crippen molar-refractivity contribution in [1.82, 2.24) is 10.0 Å². The molecule has 1 amide bonds. The molecular formula is C16H23BrN2O5S. The third-order valence-electron chi connectivity index (χ3n) is 3.30. The van der Waals surface area contributed by atoms with E-state index in [1.165, 1.54) is 19.2 Å². The van der Waals surface area contributed by atoms with Crippen molar-refractivity contribution in [1.29, 1.82) is 0 Å². The van der Waals surface area contributed by atoms with E-state index < -0.39 is 27.9 Å². The first-order chi connectivity index (χ1) is 11.7. The second kappa shape index (κ2) is 9.88. The second-order valence-corrected chi connectivity index (χ2v) is 8.56. The zero-order valence-corrected chi connectivity index (χ0v) is 16.8. The van der Waals surface area contributed by atoms with Gasteiger partial charge >= 0.3 is 5.97 Å². The molecule has 0 saturated heterocycles. The molecule has 0 aromatic heterocycles. The van der Waals surface area contributed by atoms with E-state index in [-0.39, 0.29) is 23.8 Å². The number of carbonyl (C=O) groups is 2. The number of sulfonamides is 1. The molecule has 0 heterocycles. The molecule has 0 spiro atoms. The third kappa shape index (κ3) is 7.54. The molecule has 0 fully saturated rings. The SMILES string of the molecule is COC(=O)C(CC(C)C)NC(=O)CCNS(=O)(=O)c1ccc(Br)cc1. The van der Waals surface area contributed by atoms with Crippen LogP contribution >= 0.6 is 15.9 Å². The number of halogens is 1. The van der Waals surface area contributed by atoms with Gasteiger partial charge in [0.25, 0.3) is 0 Å². The van der Waals surface area contributed by atoms with Crippen molar-refractivity contribution in [2.45, 2.75) is 37.6 Å². The first kappa shape index (κ1) is 21.6. The Morgan fingerprint density at radius 1 is 1.20 bits per heavy atom. The maximum atomic E-state index is 12.1. The van der Waals surface area contributed by atoms with E-state index in [9.17, 15) is 18.0 Å². The number of hydrogen-bond acceptors (Lipinski definition) is 5. The lowest BCUT2D eigenvalue weighted by molar-refractivity contribution is -0.145. The fourth-order valence-corrected chi connectivity index (χ4v) is 3.39. The highest BCUT2D eigenvalue weighted by atomic mass is 79.9. The van der Waals surface area contributed by atoms with Gasteiger partial charge in [0.2, 0.25) is 15.9 Å². The summed E-state index contributed by atoms with van der Waals surface area (Å²) in [6.45, 7) is 3.78. The second-order valence-electron chi connectivity index (χ2n) is 5.87. The highest BCUT2D eigenvalue weighted by Gasteiger charge is 2.22. The van der Waals surface area contributed by atoms with Crippen molar-refractivity contribution < 1.29 is 22.7 Å². The minimum atomic E-state index is -3.68. The molecule has 25 heavy (non-hydrogen) atoms. The molecular weight excluding hydrogens is 412 g/mol. The quantitative estimate of drug-likeness (QED) is 0.577. The van der Waals surface area contributed by atoms with Gasteiger partial charge in [0.1, 0.15) is 6.04 Å². The molecule has 0 aliphatic heterocycles. The molecule has 0 aliphatic carbocycles. The summed E-state index contributed by atoms with van der Waals surface area (Å²) in [5, 5.41) is 2.58. The molecule has 1 aromatic carbocycles. The van der Waals surface area contributed by atoms with Gasteiger partial charge in [-0.05, 0) is 36.6 Å². The van der Waals surface area contributed by atoms with Gasteiger partial charge in [-0.25, -0.2) is 17.9 Å². The average molecular weight is 435 g/mol. The van der Waals surface area contributed by atoms with Gasteiger partial charge in [-0.15, -0.1) is 0 Å². The number of hydrogen-bond donors (Lipinski definition) is 2. The van der Waals surface area contributed by atoms with Gasteiger partial charge in [-0.1, -0.05) is 29.8 Å². The van der Waals surface area contributed by atoms with E-state index in [4.69, 9.17) is 0 Å². The van der Waals surface area contributed by atoms with Crippen LogP contribution in [0.2, 0.25) is 0 Å². The molecule has 2 N–H and O–H groups in total. The summed E-state index contributed by atoms with van der Waals surface area (Å²) in [5.41, 5.74) is 0.